The molecule has 0 amide bonds. The average molecular weight is 401 g/mol. The van der Waals surface area contributed by atoms with Crippen molar-refractivity contribution in [3.05, 3.63) is 63.6 Å². The molecular formula is C18H13F6N3O. The molecule has 0 saturated carbocycles. The minimum atomic E-state index is -4.89. The highest BCUT2D eigenvalue weighted by molar-refractivity contribution is 5.87. The first-order chi connectivity index (χ1) is 12.9. The first kappa shape index (κ1) is 19.9. The van der Waals surface area contributed by atoms with Gasteiger partial charge in [0, 0.05) is 17.1 Å². The number of alkyl halides is 6. The van der Waals surface area contributed by atoms with E-state index in [9.17, 15) is 31.1 Å². The number of fused-ring (bicyclic) bond motifs is 1. The van der Waals surface area contributed by atoms with Gasteiger partial charge in [0.15, 0.2) is 0 Å². The molecule has 0 saturated heterocycles. The fourth-order valence-corrected chi connectivity index (χ4v) is 2.93. The Bertz CT molecular complexity index is 1100. The Labute approximate surface area is 154 Å². The molecule has 3 N–H and O–H groups in total. The van der Waals surface area contributed by atoms with E-state index in [2.05, 4.69) is 9.97 Å². The van der Waals surface area contributed by atoms with Gasteiger partial charge in [-0.05, 0) is 30.7 Å². The average Bonchev–Trinajstić information content (AvgIpc) is 2.58. The fourth-order valence-electron chi connectivity index (χ4n) is 2.93. The van der Waals surface area contributed by atoms with Crippen molar-refractivity contribution >= 4 is 10.9 Å². The predicted octanol–water partition coefficient (Wildman–Crippen LogP) is 4.48. The van der Waals surface area contributed by atoms with Crippen molar-refractivity contribution in [2.45, 2.75) is 25.3 Å². The van der Waals surface area contributed by atoms with Crippen LogP contribution >= 0.6 is 0 Å². The molecule has 3 rings (SSSR count). The van der Waals surface area contributed by atoms with Crippen LogP contribution in [0.3, 0.4) is 0 Å². The quantitative estimate of drug-likeness (QED) is 0.622. The molecule has 4 nitrogen and oxygen atoms in total. The van der Waals surface area contributed by atoms with Crippen molar-refractivity contribution in [2.75, 3.05) is 0 Å². The van der Waals surface area contributed by atoms with E-state index in [1.165, 1.54) is 25.3 Å². The van der Waals surface area contributed by atoms with E-state index in [-0.39, 0.29) is 16.5 Å². The molecule has 0 aliphatic heterocycles. The van der Waals surface area contributed by atoms with Crippen molar-refractivity contribution in [3.63, 3.8) is 0 Å². The zero-order chi connectivity index (χ0) is 20.9. The van der Waals surface area contributed by atoms with Gasteiger partial charge in [-0.1, -0.05) is 12.1 Å². The molecule has 0 spiro atoms. The van der Waals surface area contributed by atoms with Gasteiger partial charge in [-0.25, -0.2) is 4.98 Å². The first-order valence-corrected chi connectivity index (χ1v) is 7.93. The smallest absolute Gasteiger partial charge is 0.329 e. The third-order valence-corrected chi connectivity index (χ3v) is 4.27. The Morgan fingerprint density at radius 3 is 2.36 bits per heavy atom. The standard InChI is InChI=1S/C18H13F6N3O/c1-8-5-6-26-16(28)12(8)14-10(15(25)18(22,23)24)7-9-3-2-4-11(13(9)27-14)17(19,20)21/h2-7,15H,25H2,1H3,(H,26,28)/t15-/m1/s1. The van der Waals surface area contributed by atoms with Crippen molar-refractivity contribution in [2.24, 2.45) is 5.73 Å². The van der Waals surface area contributed by atoms with E-state index in [1.54, 1.807) is 0 Å². The van der Waals surface area contributed by atoms with E-state index in [0.717, 1.165) is 18.2 Å². The number of rotatable bonds is 2. The van der Waals surface area contributed by atoms with Gasteiger partial charge < -0.3 is 10.7 Å². The van der Waals surface area contributed by atoms with E-state index in [4.69, 9.17) is 5.73 Å². The van der Waals surface area contributed by atoms with Gasteiger partial charge in [0.25, 0.3) is 5.56 Å². The molecule has 0 unspecified atom stereocenters. The minimum Gasteiger partial charge on any atom is -0.329 e. The molecule has 1 atom stereocenters. The Morgan fingerprint density at radius 1 is 1.11 bits per heavy atom. The second-order valence-electron chi connectivity index (χ2n) is 6.19. The lowest BCUT2D eigenvalue weighted by Gasteiger charge is -2.21. The Kier molecular flexibility index (Phi) is 4.70. The molecule has 2 heterocycles. The van der Waals surface area contributed by atoms with Crippen molar-refractivity contribution in [3.8, 4) is 11.3 Å². The van der Waals surface area contributed by atoms with Crippen LogP contribution in [0.25, 0.3) is 22.2 Å². The third-order valence-electron chi connectivity index (χ3n) is 4.27. The number of hydrogen-bond acceptors (Lipinski definition) is 3. The molecule has 28 heavy (non-hydrogen) atoms. The van der Waals surface area contributed by atoms with Crippen LogP contribution in [0.5, 0.6) is 0 Å². The number of hydrogen-bond donors (Lipinski definition) is 2. The summed E-state index contributed by atoms with van der Waals surface area (Å²) in [5.74, 6) is 0. The van der Waals surface area contributed by atoms with Crippen LogP contribution in [-0.4, -0.2) is 16.1 Å². The number of nitrogens with two attached hydrogens (primary N) is 1. The van der Waals surface area contributed by atoms with Crippen LogP contribution in [0.4, 0.5) is 26.3 Å². The van der Waals surface area contributed by atoms with E-state index < -0.39 is 46.3 Å². The highest BCUT2D eigenvalue weighted by Gasteiger charge is 2.41. The van der Waals surface area contributed by atoms with Gasteiger partial charge >= 0.3 is 12.4 Å². The molecule has 10 heteroatoms. The SMILES string of the molecule is Cc1cc[nH]c(=O)c1-c1nc2c(C(F)(F)F)cccc2cc1[C@@H](N)C(F)(F)F. The molecule has 2 aromatic heterocycles. The largest absolute Gasteiger partial charge is 0.418 e. The van der Waals surface area contributed by atoms with E-state index in [1.807, 2.05) is 0 Å². The number of aromatic amines is 1. The molecule has 1 aromatic carbocycles. The van der Waals surface area contributed by atoms with E-state index >= 15 is 0 Å². The third kappa shape index (κ3) is 3.47. The predicted molar refractivity (Wildman–Crippen MR) is 90.5 cm³/mol. The summed E-state index contributed by atoms with van der Waals surface area (Å²) < 4.78 is 79.9. The molecule has 0 aliphatic rings. The van der Waals surface area contributed by atoms with Crippen LogP contribution in [0.1, 0.15) is 22.7 Å². The molecule has 3 aromatic rings. The van der Waals surface area contributed by atoms with Crippen molar-refractivity contribution < 1.29 is 26.3 Å². The number of nitrogens with one attached hydrogen (secondary N) is 1. The number of aromatic nitrogens is 2. The Hall–Kier alpha value is -2.88. The zero-order valence-corrected chi connectivity index (χ0v) is 14.2. The summed E-state index contributed by atoms with van der Waals surface area (Å²) in [5, 5.41) is -0.168. The molecule has 0 fully saturated rings. The van der Waals surface area contributed by atoms with E-state index in [0.29, 0.717) is 0 Å². The first-order valence-electron chi connectivity index (χ1n) is 7.93. The maximum absolute atomic E-state index is 13.3. The number of halogens is 6. The second-order valence-corrected chi connectivity index (χ2v) is 6.19. The lowest BCUT2D eigenvalue weighted by Crippen LogP contribution is -2.30. The molecule has 148 valence electrons. The number of benzene rings is 1. The summed E-state index contributed by atoms with van der Waals surface area (Å²) in [7, 11) is 0. The van der Waals surface area contributed by atoms with Crippen LogP contribution in [-0.2, 0) is 6.18 Å². The summed E-state index contributed by atoms with van der Waals surface area (Å²) >= 11 is 0. The van der Waals surface area contributed by atoms with Gasteiger partial charge in [-0.2, -0.15) is 26.3 Å². The van der Waals surface area contributed by atoms with Gasteiger partial charge in [-0.3, -0.25) is 4.79 Å². The summed E-state index contributed by atoms with van der Waals surface area (Å²) in [6.45, 7) is 1.44. The second kappa shape index (κ2) is 6.62. The molecule has 0 bridgehead atoms. The summed E-state index contributed by atoms with van der Waals surface area (Å²) in [6.07, 6.45) is -8.40. The monoisotopic (exact) mass is 401 g/mol. The fraction of sp³-hybridized carbons (Fsp3) is 0.222. The normalized spacial score (nSPS) is 13.7. The number of H-pyrrole nitrogens is 1. The van der Waals surface area contributed by atoms with Gasteiger partial charge in [-0.15, -0.1) is 0 Å². The van der Waals surface area contributed by atoms with Gasteiger partial charge in [0.2, 0.25) is 0 Å². The van der Waals surface area contributed by atoms with Crippen LogP contribution in [0.2, 0.25) is 0 Å². The summed E-state index contributed by atoms with van der Waals surface area (Å²) in [4.78, 5) is 18.4. The van der Waals surface area contributed by atoms with Crippen LogP contribution in [0.15, 0.2) is 41.3 Å². The summed E-state index contributed by atoms with van der Waals surface area (Å²) in [5.41, 5.74) is 1.72. The lowest BCUT2D eigenvalue weighted by molar-refractivity contribution is -0.149. The van der Waals surface area contributed by atoms with Crippen LogP contribution < -0.4 is 11.3 Å². The van der Waals surface area contributed by atoms with Gasteiger partial charge in [0.05, 0.1) is 22.3 Å². The van der Waals surface area contributed by atoms with Crippen molar-refractivity contribution in [1.29, 1.82) is 0 Å². The Morgan fingerprint density at radius 2 is 1.79 bits per heavy atom. The topological polar surface area (TPSA) is 71.8 Å². The van der Waals surface area contributed by atoms with Crippen LogP contribution in [0, 0.1) is 6.92 Å². The number of nitrogens with zero attached hydrogens (tertiary/aromatic N) is 1. The maximum atomic E-state index is 13.3. The molecule has 0 radical (unpaired) electrons. The minimum absolute atomic E-state index is 0.168. The number of para-hydroxylation sites is 1. The number of aryl methyl sites for hydroxylation is 1. The molecular weight excluding hydrogens is 388 g/mol. The lowest BCUT2D eigenvalue weighted by atomic mass is 9.95. The molecule has 0 aliphatic carbocycles. The zero-order valence-electron chi connectivity index (χ0n) is 14.2. The maximum Gasteiger partial charge on any atom is 0.418 e. The highest BCUT2D eigenvalue weighted by atomic mass is 19.4. The van der Waals surface area contributed by atoms with Gasteiger partial charge in [0.1, 0.15) is 6.04 Å². The Balaban J connectivity index is 2.47. The van der Waals surface area contributed by atoms with Crippen molar-refractivity contribution in [1.82, 2.24) is 9.97 Å². The number of pyridine rings is 2. The summed E-state index contributed by atoms with van der Waals surface area (Å²) in [6, 6.07) is 2.81. The highest BCUT2D eigenvalue weighted by Crippen LogP contribution is 2.40.